The zero-order valence-electron chi connectivity index (χ0n) is 15.7. The van der Waals surface area contributed by atoms with Gasteiger partial charge in [0, 0.05) is 19.6 Å². The molecule has 4 nitrogen and oxygen atoms in total. The molecule has 1 saturated carbocycles. The second-order valence-corrected chi connectivity index (χ2v) is 7.84. The lowest BCUT2D eigenvalue weighted by molar-refractivity contribution is -0.126. The summed E-state index contributed by atoms with van der Waals surface area (Å²) in [7, 11) is 0. The number of carbonyl (C=O) groups excluding carboxylic acids is 1. The van der Waals surface area contributed by atoms with Crippen LogP contribution in [-0.2, 0) is 17.9 Å². The van der Waals surface area contributed by atoms with E-state index in [9.17, 15) is 4.79 Å². The minimum atomic E-state index is -0.634. The number of hydrogen-bond donors (Lipinski definition) is 2. The van der Waals surface area contributed by atoms with Crippen molar-refractivity contribution in [3.8, 4) is 0 Å². The second kappa shape index (κ2) is 10.5. The second-order valence-electron chi connectivity index (χ2n) is 7.84. The number of likely N-dealkylation sites (tertiary alicyclic amines) is 1. The van der Waals surface area contributed by atoms with E-state index in [2.05, 4.69) is 41.4 Å². The van der Waals surface area contributed by atoms with E-state index < -0.39 is 5.54 Å². The first-order chi connectivity index (χ1) is 11.5. The zero-order chi connectivity index (χ0) is 17.0. The minimum Gasteiger partial charge on any atom is -0.350 e. The van der Waals surface area contributed by atoms with Gasteiger partial charge in [-0.1, -0.05) is 44.0 Å². The van der Waals surface area contributed by atoms with Gasteiger partial charge in [0.05, 0.1) is 5.54 Å². The first-order valence-electron chi connectivity index (χ1n) is 9.42. The summed E-state index contributed by atoms with van der Waals surface area (Å²) in [6.45, 7) is 6.35. The van der Waals surface area contributed by atoms with E-state index in [1.54, 1.807) is 0 Å². The largest absolute Gasteiger partial charge is 0.350 e. The van der Waals surface area contributed by atoms with Crippen LogP contribution in [0.4, 0.5) is 0 Å². The molecule has 1 aromatic rings. The number of halogens is 2. The molecule has 1 heterocycles. The molecule has 1 aliphatic carbocycles. The number of rotatable bonds is 5. The molecule has 0 bridgehead atoms. The smallest absolute Gasteiger partial charge is 0.240 e. The number of piperidine rings is 1. The van der Waals surface area contributed by atoms with Crippen LogP contribution in [0, 0.1) is 5.92 Å². The molecule has 0 spiro atoms. The Morgan fingerprint density at radius 1 is 1.15 bits per heavy atom. The Bertz CT molecular complexity index is 559. The summed E-state index contributed by atoms with van der Waals surface area (Å²) in [6, 6.07) is 8.63. The quantitative estimate of drug-likeness (QED) is 0.791. The number of nitrogens with one attached hydrogen (secondary N) is 1. The van der Waals surface area contributed by atoms with Gasteiger partial charge in [-0.15, -0.1) is 24.8 Å². The summed E-state index contributed by atoms with van der Waals surface area (Å²) in [5.74, 6) is 0.818. The van der Waals surface area contributed by atoms with Gasteiger partial charge < -0.3 is 11.1 Å². The number of nitrogens with zero attached hydrogens (tertiary/aromatic N) is 1. The van der Waals surface area contributed by atoms with E-state index in [4.69, 9.17) is 5.73 Å². The van der Waals surface area contributed by atoms with E-state index >= 15 is 0 Å². The van der Waals surface area contributed by atoms with Gasteiger partial charge in [0.2, 0.25) is 5.91 Å². The van der Waals surface area contributed by atoms with Gasteiger partial charge in [-0.05, 0) is 49.3 Å². The molecule has 1 unspecified atom stereocenters. The van der Waals surface area contributed by atoms with Crippen molar-refractivity contribution >= 4 is 30.7 Å². The van der Waals surface area contributed by atoms with Crippen molar-refractivity contribution in [2.45, 2.75) is 64.1 Å². The molecule has 1 atom stereocenters. The van der Waals surface area contributed by atoms with Crippen LogP contribution in [0.15, 0.2) is 24.3 Å². The highest BCUT2D eigenvalue weighted by atomic mass is 35.5. The normalized spacial score (nSPS) is 22.2. The van der Waals surface area contributed by atoms with Crippen LogP contribution in [0.3, 0.4) is 0 Å². The number of amides is 1. The average molecular weight is 402 g/mol. The lowest BCUT2D eigenvalue weighted by Gasteiger charge is -2.30. The Morgan fingerprint density at radius 2 is 1.77 bits per heavy atom. The van der Waals surface area contributed by atoms with Crippen molar-refractivity contribution in [1.29, 1.82) is 0 Å². The molecular weight excluding hydrogens is 369 g/mol. The van der Waals surface area contributed by atoms with Crippen LogP contribution >= 0.6 is 24.8 Å². The standard InChI is InChI=1S/C20H31N3O.2ClH/c1-16-5-4-12-23(14-16)15-18-8-6-17(7-9-18)13-22-19(24)20(21)10-2-3-11-20;;/h6-9,16H,2-5,10-15,21H2,1H3,(H,22,24);2*1H. The van der Waals surface area contributed by atoms with Crippen LogP contribution in [0.1, 0.15) is 56.6 Å². The molecule has 0 radical (unpaired) electrons. The summed E-state index contributed by atoms with van der Waals surface area (Å²) in [6.07, 6.45) is 6.42. The number of carbonyl (C=O) groups is 1. The zero-order valence-corrected chi connectivity index (χ0v) is 17.3. The van der Waals surface area contributed by atoms with Crippen LogP contribution in [0.2, 0.25) is 0 Å². The molecular formula is C20H33Cl2N3O. The van der Waals surface area contributed by atoms with Gasteiger partial charge in [-0.2, -0.15) is 0 Å². The van der Waals surface area contributed by atoms with Crippen LogP contribution in [-0.4, -0.2) is 29.4 Å². The molecule has 3 rings (SSSR count). The van der Waals surface area contributed by atoms with Crippen LogP contribution in [0.5, 0.6) is 0 Å². The number of benzene rings is 1. The van der Waals surface area contributed by atoms with E-state index in [-0.39, 0.29) is 30.7 Å². The summed E-state index contributed by atoms with van der Waals surface area (Å²) < 4.78 is 0. The lowest BCUT2D eigenvalue weighted by Crippen LogP contribution is -2.51. The molecule has 2 fully saturated rings. The van der Waals surface area contributed by atoms with E-state index in [0.717, 1.165) is 43.7 Å². The Labute approximate surface area is 170 Å². The molecule has 1 aromatic carbocycles. The average Bonchev–Trinajstić information content (AvgIpc) is 3.02. The predicted molar refractivity (Wildman–Crippen MR) is 112 cm³/mol. The molecule has 2 aliphatic rings. The van der Waals surface area contributed by atoms with Crippen molar-refractivity contribution in [3.05, 3.63) is 35.4 Å². The Morgan fingerprint density at radius 3 is 2.38 bits per heavy atom. The molecule has 0 aromatic heterocycles. The maximum atomic E-state index is 12.3. The Balaban J connectivity index is 0.00000169. The van der Waals surface area contributed by atoms with Gasteiger partial charge in [-0.25, -0.2) is 0 Å². The SMILES string of the molecule is CC1CCCN(Cc2ccc(CNC(=O)C3(N)CCCC3)cc2)C1.Cl.Cl. The van der Waals surface area contributed by atoms with Crippen molar-refractivity contribution in [2.75, 3.05) is 13.1 Å². The topological polar surface area (TPSA) is 58.4 Å². The molecule has 1 saturated heterocycles. The third-order valence-corrected chi connectivity index (χ3v) is 5.57. The fourth-order valence-corrected chi connectivity index (χ4v) is 4.04. The fourth-order valence-electron chi connectivity index (χ4n) is 4.04. The maximum Gasteiger partial charge on any atom is 0.240 e. The van der Waals surface area contributed by atoms with Crippen molar-refractivity contribution in [1.82, 2.24) is 10.2 Å². The third-order valence-electron chi connectivity index (χ3n) is 5.57. The molecule has 148 valence electrons. The highest BCUT2D eigenvalue weighted by Gasteiger charge is 2.36. The molecule has 26 heavy (non-hydrogen) atoms. The lowest BCUT2D eigenvalue weighted by atomic mass is 9.98. The maximum absolute atomic E-state index is 12.3. The van der Waals surface area contributed by atoms with Gasteiger partial charge >= 0.3 is 0 Å². The summed E-state index contributed by atoms with van der Waals surface area (Å²) in [4.78, 5) is 14.8. The first kappa shape index (κ1) is 23.2. The van der Waals surface area contributed by atoms with Gasteiger partial charge in [0.25, 0.3) is 0 Å². The highest BCUT2D eigenvalue weighted by Crippen LogP contribution is 2.27. The Hall–Kier alpha value is -0.810. The summed E-state index contributed by atoms with van der Waals surface area (Å²) in [5, 5.41) is 3.01. The number of nitrogens with two attached hydrogens (primary N) is 1. The summed E-state index contributed by atoms with van der Waals surface area (Å²) in [5.41, 5.74) is 8.05. The minimum absolute atomic E-state index is 0. The van der Waals surface area contributed by atoms with Crippen molar-refractivity contribution in [3.63, 3.8) is 0 Å². The molecule has 1 amide bonds. The summed E-state index contributed by atoms with van der Waals surface area (Å²) >= 11 is 0. The highest BCUT2D eigenvalue weighted by molar-refractivity contribution is 5.86. The van der Waals surface area contributed by atoms with Crippen molar-refractivity contribution < 1.29 is 4.79 Å². The monoisotopic (exact) mass is 401 g/mol. The predicted octanol–water partition coefficient (Wildman–Crippen LogP) is 3.65. The van der Waals surface area contributed by atoms with Crippen LogP contribution < -0.4 is 11.1 Å². The Kier molecular flexibility index (Phi) is 9.39. The van der Waals surface area contributed by atoms with Gasteiger partial charge in [-0.3, -0.25) is 9.69 Å². The van der Waals surface area contributed by atoms with Gasteiger partial charge in [0.15, 0.2) is 0 Å². The van der Waals surface area contributed by atoms with Crippen LogP contribution in [0.25, 0.3) is 0 Å². The fraction of sp³-hybridized carbons (Fsp3) is 0.650. The van der Waals surface area contributed by atoms with Crippen molar-refractivity contribution in [2.24, 2.45) is 11.7 Å². The van der Waals surface area contributed by atoms with E-state index in [0.29, 0.717) is 6.54 Å². The molecule has 1 aliphatic heterocycles. The number of hydrogen-bond acceptors (Lipinski definition) is 3. The molecule has 3 N–H and O–H groups in total. The van der Waals surface area contributed by atoms with Gasteiger partial charge in [0.1, 0.15) is 0 Å². The van der Waals surface area contributed by atoms with E-state index in [1.807, 2.05) is 0 Å². The third kappa shape index (κ3) is 6.12. The molecule has 6 heteroatoms. The van der Waals surface area contributed by atoms with E-state index in [1.165, 1.54) is 31.5 Å². The first-order valence-corrected chi connectivity index (χ1v) is 9.42.